The number of hydrogen-bond donors (Lipinski definition) is 1. The summed E-state index contributed by atoms with van der Waals surface area (Å²) in [6.07, 6.45) is -4.99. The molecule has 2 aromatic carbocycles. The van der Waals surface area contributed by atoms with Crippen LogP contribution in [0, 0.1) is 12.7 Å². The summed E-state index contributed by atoms with van der Waals surface area (Å²) in [5.41, 5.74) is -0.0732. The highest BCUT2D eigenvalue weighted by molar-refractivity contribution is 9.10. The number of fused-ring (bicyclic) bond motifs is 1. The van der Waals surface area contributed by atoms with Gasteiger partial charge in [0.05, 0.1) is 5.69 Å². The number of rotatable bonds is 4. The number of ether oxygens (including phenoxy) is 1. The van der Waals surface area contributed by atoms with Gasteiger partial charge in [-0.2, -0.15) is 0 Å². The molecular formula is C16H10BrF4NO3S2. The van der Waals surface area contributed by atoms with Crippen LogP contribution in [0.2, 0.25) is 0 Å². The SMILES string of the molecule is Cc1c(S(=O)(=O)Nc2ccc(Br)cc2OC(F)(F)F)sc2ccc(F)cc12. The van der Waals surface area contributed by atoms with Gasteiger partial charge in [0.1, 0.15) is 10.0 Å². The van der Waals surface area contributed by atoms with Crippen LogP contribution in [-0.2, 0) is 10.0 Å². The van der Waals surface area contributed by atoms with Gasteiger partial charge in [0.15, 0.2) is 5.75 Å². The first kappa shape index (κ1) is 19.9. The summed E-state index contributed by atoms with van der Waals surface area (Å²) in [6, 6.07) is 7.36. The molecule has 0 amide bonds. The van der Waals surface area contributed by atoms with Gasteiger partial charge >= 0.3 is 6.36 Å². The average Bonchev–Trinajstić information content (AvgIpc) is 2.86. The van der Waals surface area contributed by atoms with Gasteiger partial charge in [0.25, 0.3) is 10.0 Å². The third-order valence-corrected chi connectivity index (χ3v) is 7.26. The fourth-order valence-electron chi connectivity index (χ4n) is 2.41. The molecule has 3 aromatic rings. The number of alkyl halides is 3. The van der Waals surface area contributed by atoms with E-state index in [9.17, 15) is 26.0 Å². The van der Waals surface area contributed by atoms with Gasteiger partial charge < -0.3 is 4.74 Å². The minimum absolute atomic E-state index is 0.121. The van der Waals surface area contributed by atoms with Gasteiger partial charge in [-0.05, 0) is 54.3 Å². The Kier molecular flexibility index (Phi) is 5.12. The fourth-order valence-corrected chi connectivity index (χ4v) is 5.57. The van der Waals surface area contributed by atoms with Crippen molar-refractivity contribution in [3.05, 3.63) is 52.3 Å². The highest BCUT2D eigenvalue weighted by atomic mass is 79.9. The zero-order valence-corrected chi connectivity index (χ0v) is 16.6. The molecule has 0 unspecified atom stereocenters. The van der Waals surface area contributed by atoms with E-state index in [1.54, 1.807) is 0 Å². The molecule has 1 aromatic heterocycles. The maximum atomic E-state index is 13.4. The lowest BCUT2D eigenvalue weighted by Crippen LogP contribution is -2.19. The summed E-state index contributed by atoms with van der Waals surface area (Å²) in [5.74, 6) is -1.22. The van der Waals surface area contributed by atoms with Crippen molar-refractivity contribution in [2.24, 2.45) is 0 Å². The maximum Gasteiger partial charge on any atom is 0.573 e. The van der Waals surface area contributed by atoms with Crippen molar-refractivity contribution in [1.82, 2.24) is 0 Å². The van der Waals surface area contributed by atoms with Crippen molar-refractivity contribution in [2.75, 3.05) is 4.72 Å². The molecule has 0 saturated carbocycles. The fraction of sp³-hybridized carbons (Fsp3) is 0.125. The van der Waals surface area contributed by atoms with E-state index in [1.807, 2.05) is 0 Å². The third kappa shape index (κ3) is 4.36. The van der Waals surface area contributed by atoms with Crippen molar-refractivity contribution in [3.8, 4) is 5.75 Å². The topological polar surface area (TPSA) is 55.4 Å². The summed E-state index contributed by atoms with van der Waals surface area (Å²) in [4.78, 5) is 0. The lowest BCUT2D eigenvalue weighted by molar-refractivity contribution is -0.274. The molecule has 27 heavy (non-hydrogen) atoms. The van der Waals surface area contributed by atoms with Crippen LogP contribution in [0.15, 0.2) is 45.1 Å². The largest absolute Gasteiger partial charge is 0.573 e. The molecule has 4 nitrogen and oxygen atoms in total. The van der Waals surface area contributed by atoms with Crippen molar-refractivity contribution < 1.29 is 30.7 Å². The molecule has 1 N–H and O–H groups in total. The number of anilines is 1. The first-order valence-corrected chi connectivity index (χ1v) is 10.3. The summed E-state index contributed by atoms with van der Waals surface area (Å²) < 4.78 is 83.4. The number of hydrogen-bond acceptors (Lipinski definition) is 4. The Morgan fingerprint density at radius 2 is 1.85 bits per heavy atom. The van der Waals surface area contributed by atoms with Crippen molar-refractivity contribution >= 4 is 53.1 Å². The Hall–Kier alpha value is -1.85. The molecular weight excluding hydrogens is 474 g/mol. The molecule has 1 heterocycles. The van der Waals surface area contributed by atoms with Gasteiger partial charge in [-0.3, -0.25) is 4.72 Å². The highest BCUT2D eigenvalue weighted by Gasteiger charge is 2.33. The van der Waals surface area contributed by atoms with E-state index in [-0.39, 0.29) is 14.4 Å². The van der Waals surface area contributed by atoms with E-state index in [0.717, 1.165) is 23.5 Å². The predicted octanol–water partition coefficient (Wildman–Crippen LogP) is 5.81. The number of halogens is 5. The van der Waals surface area contributed by atoms with E-state index in [2.05, 4.69) is 25.4 Å². The van der Waals surface area contributed by atoms with E-state index < -0.39 is 28.0 Å². The monoisotopic (exact) mass is 483 g/mol. The minimum atomic E-state index is -4.99. The highest BCUT2D eigenvalue weighted by Crippen LogP contribution is 2.38. The van der Waals surface area contributed by atoms with E-state index in [1.165, 1.54) is 31.2 Å². The number of nitrogens with one attached hydrogen (secondary N) is 1. The summed E-state index contributed by atoms with van der Waals surface area (Å²) in [7, 11) is -4.23. The van der Waals surface area contributed by atoms with E-state index in [4.69, 9.17) is 0 Å². The maximum absolute atomic E-state index is 13.4. The van der Waals surface area contributed by atoms with Crippen LogP contribution in [0.3, 0.4) is 0 Å². The molecule has 0 atom stereocenters. The van der Waals surface area contributed by atoms with Gasteiger partial charge in [-0.1, -0.05) is 15.9 Å². The molecule has 0 aliphatic rings. The van der Waals surface area contributed by atoms with Gasteiger partial charge in [-0.15, -0.1) is 24.5 Å². The molecule has 0 bridgehead atoms. The Bertz CT molecular complexity index is 1130. The van der Waals surface area contributed by atoms with Crippen LogP contribution in [0.25, 0.3) is 10.1 Å². The molecule has 0 fully saturated rings. The second-order valence-corrected chi connectivity index (χ2v) is 9.29. The van der Waals surface area contributed by atoms with Crippen molar-refractivity contribution in [2.45, 2.75) is 17.5 Å². The zero-order valence-electron chi connectivity index (χ0n) is 13.4. The minimum Gasteiger partial charge on any atom is -0.403 e. The third-order valence-electron chi connectivity index (χ3n) is 3.51. The molecule has 0 aliphatic heterocycles. The van der Waals surface area contributed by atoms with Crippen LogP contribution >= 0.6 is 27.3 Å². The smallest absolute Gasteiger partial charge is 0.403 e. The number of benzene rings is 2. The summed E-state index contributed by atoms with van der Waals surface area (Å²) in [6.45, 7) is 1.50. The molecule has 3 rings (SSSR count). The lowest BCUT2D eigenvalue weighted by atomic mass is 10.2. The van der Waals surface area contributed by atoms with Gasteiger partial charge in [-0.25, -0.2) is 12.8 Å². The molecule has 11 heteroatoms. The molecule has 0 aliphatic carbocycles. The molecule has 0 saturated heterocycles. The van der Waals surface area contributed by atoms with Crippen LogP contribution < -0.4 is 9.46 Å². The normalized spacial score (nSPS) is 12.4. The molecule has 144 valence electrons. The second-order valence-electron chi connectivity index (χ2n) is 5.45. The van der Waals surface area contributed by atoms with E-state index >= 15 is 0 Å². The Balaban J connectivity index is 2.04. The lowest BCUT2D eigenvalue weighted by Gasteiger charge is -2.15. The van der Waals surface area contributed by atoms with Crippen LogP contribution in [0.5, 0.6) is 5.75 Å². The summed E-state index contributed by atoms with van der Waals surface area (Å²) >= 11 is 3.90. The first-order valence-electron chi connectivity index (χ1n) is 7.23. The van der Waals surface area contributed by atoms with Crippen LogP contribution in [0.4, 0.5) is 23.2 Å². The average molecular weight is 484 g/mol. The van der Waals surface area contributed by atoms with Crippen LogP contribution in [0.1, 0.15) is 5.56 Å². The second kappa shape index (κ2) is 6.95. The predicted molar refractivity (Wildman–Crippen MR) is 98.2 cm³/mol. The van der Waals surface area contributed by atoms with Crippen molar-refractivity contribution in [3.63, 3.8) is 0 Å². The van der Waals surface area contributed by atoms with Gasteiger partial charge in [0, 0.05) is 9.17 Å². The Morgan fingerprint density at radius 1 is 1.15 bits per heavy atom. The van der Waals surface area contributed by atoms with E-state index in [0.29, 0.717) is 15.6 Å². The Morgan fingerprint density at radius 3 is 2.52 bits per heavy atom. The molecule has 0 radical (unpaired) electrons. The molecule has 0 spiro atoms. The number of aryl methyl sites for hydroxylation is 1. The number of thiophene rings is 1. The quantitative estimate of drug-likeness (QED) is 0.476. The zero-order chi connectivity index (χ0) is 20.0. The Labute approximate surface area is 163 Å². The first-order chi connectivity index (χ1) is 12.5. The van der Waals surface area contributed by atoms with Gasteiger partial charge in [0.2, 0.25) is 0 Å². The summed E-state index contributed by atoms with van der Waals surface area (Å²) in [5, 5.41) is 0.419. The standard InChI is InChI=1S/C16H10BrF4NO3S2/c1-8-11-7-10(18)3-5-14(11)26-15(8)27(23,24)22-12-4-2-9(17)6-13(12)25-16(19,20)21/h2-7,22H,1H3. The van der Waals surface area contributed by atoms with Crippen molar-refractivity contribution in [1.29, 1.82) is 0 Å². The number of sulfonamides is 1. The van der Waals surface area contributed by atoms with Crippen LogP contribution in [-0.4, -0.2) is 14.8 Å².